The summed E-state index contributed by atoms with van der Waals surface area (Å²) >= 11 is 0. The Morgan fingerprint density at radius 2 is 1.35 bits per heavy atom. The highest BCUT2D eigenvalue weighted by Crippen LogP contribution is 2.36. The van der Waals surface area contributed by atoms with Crippen LogP contribution >= 0.6 is 0 Å². The van der Waals surface area contributed by atoms with Gasteiger partial charge in [0.25, 0.3) is 0 Å². The fourth-order valence-corrected chi connectivity index (χ4v) is 3.66. The van der Waals surface area contributed by atoms with Crippen LogP contribution in [0.2, 0.25) is 18.1 Å². The largest absolute Gasteiger partial charge is 0.417 e. The van der Waals surface area contributed by atoms with Gasteiger partial charge in [0.05, 0.1) is 2.74 Å². The minimum atomic E-state index is -1.65. The van der Waals surface area contributed by atoms with Crippen molar-refractivity contribution in [3.05, 3.63) is 12.1 Å². The number of hydrogen-bond acceptors (Lipinski definition) is 1. The molecule has 0 aromatic heterocycles. The summed E-state index contributed by atoms with van der Waals surface area (Å²) in [7, 11) is -1.61. The van der Waals surface area contributed by atoms with Gasteiger partial charge in [-0.25, -0.2) is 0 Å². The molecule has 156 valence electrons. The van der Waals surface area contributed by atoms with Gasteiger partial charge in [0.15, 0.2) is 8.32 Å². The van der Waals surface area contributed by atoms with Gasteiger partial charge >= 0.3 is 0 Å². The van der Waals surface area contributed by atoms with Crippen LogP contribution in [0.3, 0.4) is 0 Å². The maximum atomic E-state index is 8.13. The molecule has 0 aromatic rings. The van der Waals surface area contributed by atoms with Crippen LogP contribution in [-0.2, 0) is 4.43 Å². The first-order valence-electron chi connectivity index (χ1n) is 13.2. The van der Waals surface area contributed by atoms with Crippen molar-refractivity contribution in [1.29, 1.82) is 0 Å². The summed E-state index contributed by atoms with van der Waals surface area (Å²) in [5.74, 6) is 0. The van der Waals surface area contributed by atoms with E-state index >= 15 is 0 Å². The summed E-state index contributed by atoms with van der Waals surface area (Å²) in [6.45, 7) is 14.5. The van der Waals surface area contributed by atoms with Gasteiger partial charge < -0.3 is 4.43 Å². The normalized spacial score (nSPS) is 16.5. The Morgan fingerprint density at radius 1 is 0.808 bits per heavy atom. The molecule has 0 amide bonds. The summed E-state index contributed by atoms with van der Waals surface area (Å²) < 4.78 is 38.7. The predicted molar refractivity (Wildman–Crippen MR) is 123 cm³/mol. The van der Waals surface area contributed by atoms with Crippen molar-refractivity contribution in [3.63, 3.8) is 0 Å². The molecule has 0 saturated carbocycles. The molecule has 0 heterocycles. The molecule has 0 aliphatic rings. The monoisotopic (exact) mass is 386 g/mol. The lowest BCUT2D eigenvalue weighted by molar-refractivity contribution is 0.277. The molecule has 0 atom stereocenters. The smallest absolute Gasteiger partial charge is 0.191 e. The van der Waals surface area contributed by atoms with E-state index in [9.17, 15) is 0 Å². The highest BCUT2D eigenvalue weighted by Gasteiger charge is 2.36. The Morgan fingerprint density at radius 3 is 1.96 bits per heavy atom. The van der Waals surface area contributed by atoms with E-state index in [1.165, 1.54) is 25.7 Å². The fraction of sp³-hybridized carbons (Fsp3) is 0.917. The molecule has 0 spiro atoms. The van der Waals surface area contributed by atoms with Crippen molar-refractivity contribution in [3.8, 4) is 0 Å². The Kier molecular flexibility index (Phi) is 11.8. The van der Waals surface area contributed by atoms with Crippen LogP contribution in [0, 0.1) is 0 Å². The molecule has 0 aromatic carbocycles. The van der Waals surface area contributed by atoms with Gasteiger partial charge in [0.2, 0.25) is 0 Å². The Bertz CT molecular complexity index is 484. The number of hydrogen-bond donors (Lipinski definition) is 0. The second-order valence-electron chi connectivity index (χ2n) is 9.12. The quantitative estimate of drug-likeness (QED) is 0.138. The van der Waals surface area contributed by atoms with Gasteiger partial charge in [-0.15, -0.1) is 0 Å². The van der Waals surface area contributed by atoms with E-state index in [0.717, 1.165) is 51.6 Å². The van der Waals surface area contributed by atoms with Gasteiger partial charge in [0.1, 0.15) is 0 Å². The van der Waals surface area contributed by atoms with Crippen molar-refractivity contribution < 1.29 is 9.91 Å². The van der Waals surface area contributed by atoms with Crippen LogP contribution in [0.4, 0.5) is 0 Å². The lowest BCUT2D eigenvalue weighted by atomic mass is 10.1. The highest BCUT2D eigenvalue weighted by molar-refractivity contribution is 6.74. The first-order chi connectivity index (χ1) is 13.8. The van der Waals surface area contributed by atoms with Crippen LogP contribution in [0.25, 0.3) is 0 Å². The Hall–Kier alpha value is -0.0831. The molecule has 0 bridgehead atoms. The molecule has 0 radical (unpaired) electrons. The molecule has 0 saturated heterocycles. The van der Waals surface area contributed by atoms with Crippen molar-refractivity contribution in [2.75, 3.05) is 6.61 Å². The second kappa shape index (κ2) is 15.9. The van der Waals surface area contributed by atoms with Gasteiger partial charge in [0, 0.05) is 9.35 Å². The number of rotatable bonds is 17. The average molecular weight is 387 g/mol. The van der Waals surface area contributed by atoms with E-state index in [-0.39, 0.29) is 17.1 Å². The van der Waals surface area contributed by atoms with Crippen LogP contribution in [-0.4, -0.2) is 14.9 Å². The van der Waals surface area contributed by atoms with Gasteiger partial charge in [-0.2, -0.15) is 0 Å². The fourth-order valence-electron chi connectivity index (χ4n) is 2.57. The van der Waals surface area contributed by atoms with E-state index in [0.29, 0.717) is 12.8 Å². The zero-order valence-corrected chi connectivity index (χ0v) is 19.8. The Labute approximate surface area is 173 Å². The number of unbranched alkanes of at least 4 members (excludes halogenated alkanes) is 9. The first kappa shape index (κ1) is 19.2. The maximum Gasteiger partial charge on any atom is 0.191 e. The maximum absolute atomic E-state index is 8.13. The molecule has 1 nitrogen and oxygen atoms in total. The first-order valence-corrected chi connectivity index (χ1v) is 14.1. The molecule has 0 fully saturated rings. The molecular weight excluding hydrogens is 332 g/mol. The topological polar surface area (TPSA) is 9.23 Å². The summed E-state index contributed by atoms with van der Waals surface area (Å²) in [5.41, 5.74) is 0. The minimum absolute atomic E-state index is 0.0965. The van der Waals surface area contributed by atoms with Gasteiger partial charge in [-0.3, -0.25) is 0 Å². The molecule has 0 aliphatic heterocycles. The molecular formula is C24H50OSi. The molecule has 0 rings (SSSR count). The molecule has 0 N–H and O–H groups in total. The van der Waals surface area contributed by atoms with Crippen LogP contribution in [0.1, 0.15) is 123 Å². The third kappa shape index (κ3) is 15.0. The van der Waals surface area contributed by atoms with E-state index in [1.54, 1.807) is 0 Å². The van der Waals surface area contributed by atoms with Crippen LogP contribution < -0.4 is 0 Å². The zero-order valence-electron chi connectivity index (χ0n) is 22.8. The van der Waals surface area contributed by atoms with E-state index in [1.807, 2.05) is 0 Å². The zero-order chi connectivity index (χ0) is 23.3. The number of allylic oxidation sites excluding steroid dienone is 2. The van der Waals surface area contributed by atoms with Gasteiger partial charge in [-0.1, -0.05) is 97.6 Å². The summed E-state index contributed by atoms with van der Waals surface area (Å²) in [6.07, 6.45) is 11.2. The lowest BCUT2D eigenvalue weighted by Gasteiger charge is -2.36. The van der Waals surface area contributed by atoms with Crippen LogP contribution in [0.15, 0.2) is 12.1 Å². The van der Waals surface area contributed by atoms with Crippen LogP contribution in [0.5, 0.6) is 0 Å². The van der Waals surface area contributed by atoms with Crippen molar-refractivity contribution in [2.24, 2.45) is 0 Å². The van der Waals surface area contributed by atoms with Crippen molar-refractivity contribution in [2.45, 2.75) is 136 Å². The molecule has 0 aliphatic carbocycles. The standard InChI is InChI=1S/C24H50OSi/c1-7-8-9-10-11-12-13-14-15-16-17-18-19-20-21-22-23-25-26(5,6)24(2,3)4/h14-15H,7-13,16-23H2,1-6H3/b15-14-/i13D2,14D,15D. The molecule has 0 unspecified atom stereocenters. The minimum Gasteiger partial charge on any atom is -0.417 e. The van der Waals surface area contributed by atoms with E-state index in [2.05, 4.69) is 40.8 Å². The third-order valence-electron chi connectivity index (χ3n) is 5.55. The predicted octanol–water partition coefficient (Wildman–Crippen LogP) is 9.05. The lowest BCUT2D eigenvalue weighted by Crippen LogP contribution is -2.40. The Balaban J connectivity index is 3.95. The highest BCUT2D eigenvalue weighted by atomic mass is 28.4. The van der Waals surface area contributed by atoms with Crippen molar-refractivity contribution in [1.82, 2.24) is 0 Å². The SMILES string of the molecule is [2H]/C(CCCCCCCCO[Si](C)(C)C(C)(C)C)=C(\[2H])C([2H])([2H])CCCCCCC. The average Bonchev–Trinajstić information content (AvgIpc) is 2.64. The van der Waals surface area contributed by atoms with Gasteiger partial charge in [-0.05, 0) is 50.2 Å². The van der Waals surface area contributed by atoms with Crippen molar-refractivity contribution >= 4 is 8.32 Å². The molecule has 2 heteroatoms. The summed E-state index contributed by atoms with van der Waals surface area (Å²) in [4.78, 5) is 0. The van der Waals surface area contributed by atoms with E-state index < -0.39 is 14.7 Å². The molecule has 26 heavy (non-hydrogen) atoms. The summed E-state index contributed by atoms with van der Waals surface area (Å²) in [5, 5.41) is 0.274. The van der Waals surface area contributed by atoms with E-state index in [4.69, 9.17) is 9.91 Å². The summed E-state index contributed by atoms with van der Waals surface area (Å²) in [6, 6.07) is 0.0945. The third-order valence-corrected chi connectivity index (χ3v) is 10.1. The second-order valence-corrected chi connectivity index (χ2v) is 13.9.